The van der Waals surface area contributed by atoms with Gasteiger partial charge in [-0.1, -0.05) is 18.2 Å². The summed E-state index contributed by atoms with van der Waals surface area (Å²) in [5, 5.41) is 13.9. The number of aliphatic hydroxyl groups is 1. The second-order valence-electron chi connectivity index (χ2n) is 4.11. The number of anilines is 1. The normalized spacial score (nSPS) is 10.8. The molecule has 2 N–H and O–H groups in total. The Bertz CT molecular complexity index is 602. The van der Waals surface area contributed by atoms with Crippen molar-refractivity contribution >= 4 is 29.0 Å². The molecule has 0 atom stereocenters. The van der Waals surface area contributed by atoms with Crippen molar-refractivity contribution in [1.29, 1.82) is 0 Å². The van der Waals surface area contributed by atoms with E-state index in [4.69, 9.17) is 0 Å². The molecule has 0 unspecified atom stereocenters. The standard InChI is InChI=1S/C15H15NO2S/c1-11-8-9-19-14(11)6-7-15(18)16-13-5-3-2-4-12(13)10-17/h2-9,17H,10H2,1H3,(H,16,18)/b7-6+. The van der Waals surface area contributed by atoms with Crippen molar-refractivity contribution in [3.05, 3.63) is 57.8 Å². The highest BCUT2D eigenvalue weighted by Gasteiger charge is 2.03. The second-order valence-corrected chi connectivity index (χ2v) is 5.05. The Morgan fingerprint density at radius 2 is 2.16 bits per heavy atom. The van der Waals surface area contributed by atoms with E-state index in [0.29, 0.717) is 11.3 Å². The summed E-state index contributed by atoms with van der Waals surface area (Å²) < 4.78 is 0. The molecule has 1 aromatic heterocycles. The summed E-state index contributed by atoms with van der Waals surface area (Å²) in [4.78, 5) is 12.9. The van der Waals surface area contributed by atoms with E-state index in [1.165, 1.54) is 6.08 Å². The maximum Gasteiger partial charge on any atom is 0.248 e. The highest BCUT2D eigenvalue weighted by molar-refractivity contribution is 7.11. The zero-order valence-corrected chi connectivity index (χ0v) is 11.4. The van der Waals surface area contributed by atoms with Gasteiger partial charge in [-0.2, -0.15) is 0 Å². The smallest absolute Gasteiger partial charge is 0.248 e. The van der Waals surface area contributed by atoms with Crippen molar-refractivity contribution < 1.29 is 9.90 Å². The van der Waals surface area contributed by atoms with Crippen LogP contribution in [0.15, 0.2) is 41.8 Å². The van der Waals surface area contributed by atoms with Crippen molar-refractivity contribution in [2.45, 2.75) is 13.5 Å². The third-order valence-corrected chi connectivity index (χ3v) is 3.72. The molecular formula is C15H15NO2S. The quantitative estimate of drug-likeness (QED) is 0.840. The van der Waals surface area contributed by atoms with Gasteiger partial charge in [0, 0.05) is 22.2 Å². The number of nitrogens with one attached hydrogen (secondary N) is 1. The van der Waals surface area contributed by atoms with Crippen LogP contribution in [0.2, 0.25) is 0 Å². The second kappa shape index (κ2) is 6.31. The minimum atomic E-state index is -0.200. The van der Waals surface area contributed by atoms with E-state index in [9.17, 15) is 9.90 Å². The Labute approximate surface area is 116 Å². The lowest BCUT2D eigenvalue weighted by Gasteiger charge is -2.06. The first kappa shape index (κ1) is 13.5. The predicted molar refractivity (Wildman–Crippen MR) is 79.1 cm³/mol. The number of amides is 1. The minimum Gasteiger partial charge on any atom is -0.392 e. The van der Waals surface area contributed by atoms with Crippen LogP contribution < -0.4 is 5.32 Å². The van der Waals surface area contributed by atoms with Gasteiger partial charge in [-0.05, 0) is 36.1 Å². The lowest BCUT2D eigenvalue weighted by atomic mass is 10.2. The van der Waals surface area contributed by atoms with Crippen LogP contribution >= 0.6 is 11.3 Å². The number of para-hydroxylation sites is 1. The molecule has 0 saturated carbocycles. The van der Waals surface area contributed by atoms with Gasteiger partial charge in [-0.25, -0.2) is 0 Å². The molecule has 19 heavy (non-hydrogen) atoms. The molecule has 0 spiro atoms. The van der Waals surface area contributed by atoms with Gasteiger partial charge in [-0.15, -0.1) is 11.3 Å². The first-order valence-corrected chi connectivity index (χ1v) is 6.80. The van der Waals surface area contributed by atoms with E-state index >= 15 is 0 Å². The predicted octanol–water partition coefficient (Wildman–Crippen LogP) is 3.20. The number of thiophene rings is 1. The van der Waals surface area contributed by atoms with Crippen molar-refractivity contribution in [3.8, 4) is 0 Å². The number of aryl methyl sites for hydroxylation is 1. The number of carbonyl (C=O) groups excluding carboxylic acids is 1. The Balaban J connectivity index is 2.06. The third kappa shape index (κ3) is 3.53. The van der Waals surface area contributed by atoms with Gasteiger partial charge in [0.05, 0.1) is 6.61 Å². The first-order chi connectivity index (χ1) is 9.20. The lowest BCUT2D eigenvalue weighted by Crippen LogP contribution is -2.09. The minimum absolute atomic E-state index is 0.0931. The number of hydrogen-bond acceptors (Lipinski definition) is 3. The monoisotopic (exact) mass is 273 g/mol. The molecule has 0 radical (unpaired) electrons. The molecule has 0 aliphatic carbocycles. The average molecular weight is 273 g/mol. The maximum absolute atomic E-state index is 11.8. The summed E-state index contributed by atoms with van der Waals surface area (Å²) in [6.45, 7) is 1.92. The van der Waals surface area contributed by atoms with Crippen LogP contribution in [0.1, 0.15) is 16.0 Å². The highest BCUT2D eigenvalue weighted by Crippen LogP contribution is 2.18. The summed E-state index contributed by atoms with van der Waals surface area (Å²) in [7, 11) is 0. The Morgan fingerprint density at radius 3 is 2.84 bits per heavy atom. The number of hydrogen-bond donors (Lipinski definition) is 2. The van der Waals surface area contributed by atoms with Crippen molar-refractivity contribution in [2.24, 2.45) is 0 Å². The topological polar surface area (TPSA) is 49.3 Å². The van der Waals surface area contributed by atoms with Gasteiger partial charge in [0.2, 0.25) is 5.91 Å². The molecule has 1 amide bonds. The first-order valence-electron chi connectivity index (χ1n) is 5.92. The molecule has 1 aromatic carbocycles. The van der Waals surface area contributed by atoms with E-state index in [1.807, 2.05) is 30.5 Å². The van der Waals surface area contributed by atoms with E-state index < -0.39 is 0 Å². The summed E-state index contributed by atoms with van der Waals surface area (Å²) in [5.74, 6) is -0.200. The molecule has 2 aromatic rings. The van der Waals surface area contributed by atoms with Crippen molar-refractivity contribution in [2.75, 3.05) is 5.32 Å². The molecule has 0 aliphatic rings. The zero-order chi connectivity index (χ0) is 13.7. The van der Waals surface area contributed by atoms with E-state index in [-0.39, 0.29) is 12.5 Å². The molecular weight excluding hydrogens is 258 g/mol. The van der Waals surface area contributed by atoms with Gasteiger partial charge in [0.25, 0.3) is 0 Å². The van der Waals surface area contributed by atoms with Crippen LogP contribution in [0.5, 0.6) is 0 Å². The van der Waals surface area contributed by atoms with Gasteiger partial charge >= 0.3 is 0 Å². The summed E-state index contributed by atoms with van der Waals surface area (Å²) in [5.41, 5.74) is 2.50. The average Bonchev–Trinajstić information content (AvgIpc) is 2.82. The Hall–Kier alpha value is -1.91. The Morgan fingerprint density at radius 1 is 1.37 bits per heavy atom. The van der Waals surface area contributed by atoms with Crippen LogP contribution in [-0.4, -0.2) is 11.0 Å². The van der Waals surface area contributed by atoms with E-state index in [1.54, 1.807) is 29.5 Å². The van der Waals surface area contributed by atoms with Gasteiger partial charge in [0.1, 0.15) is 0 Å². The van der Waals surface area contributed by atoms with Crippen LogP contribution in [0.25, 0.3) is 6.08 Å². The molecule has 3 nitrogen and oxygen atoms in total. The van der Waals surface area contributed by atoms with Crippen LogP contribution in [0, 0.1) is 6.92 Å². The van der Waals surface area contributed by atoms with Gasteiger partial charge in [0.15, 0.2) is 0 Å². The maximum atomic E-state index is 11.8. The number of benzene rings is 1. The molecule has 1 heterocycles. The molecule has 98 valence electrons. The van der Waals surface area contributed by atoms with Crippen LogP contribution in [0.3, 0.4) is 0 Å². The molecule has 2 rings (SSSR count). The zero-order valence-electron chi connectivity index (χ0n) is 10.6. The number of aliphatic hydroxyl groups excluding tert-OH is 1. The molecule has 0 aliphatic heterocycles. The molecule has 0 fully saturated rings. The fourth-order valence-electron chi connectivity index (χ4n) is 1.66. The summed E-state index contributed by atoms with van der Waals surface area (Å²) >= 11 is 1.60. The third-order valence-electron chi connectivity index (χ3n) is 2.73. The van der Waals surface area contributed by atoms with Gasteiger partial charge < -0.3 is 10.4 Å². The molecule has 4 heteroatoms. The largest absolute Gasteiger partial charge is 0.392 e. The Kier molecular flexibility index (Phi) is 4.49. The summed E-state index contributed by atoms with van der Waals surface area (Å²) in [6.07, 6.45) is 3.31. The van der Waals surface area contributed by atoms with E-state index in [0.717, 1.165) is 10.4 Å². The van der Waals surface area contributed by atoms with Crippen molar-refractivity contribution in [3.63, 3.8) is 0 Å². The van der Waals surface area contributed by atoms with Crippen LogP contribution in [-0.2, 0) is 11.4 Å². The van der Waals surface area contributed by atoms with E-state index in [2.05, 4.69) is 5.32 Å². The fourth-order valence-corrected chi connectivity index (χ4v) is 2.48. The SMILES string of the molecule is Cc1ccsc1/C=C/C(=O)Nc1ccccc1CO. The number of carbonyl (C=O) groups is 1. The molecule has 0 bridgehead atoms. The number of rotatable bonds is 4. The van der Waals surface area contributed by atoms with Gasteiger partial charge in [-0.3, -0.25) is 4.79 Å². The lowest BCUT2D eigenvalue weighted by molar-refractivity contribution is -0.111. The van der Waals surface area contributed by atoms with Crippen molar-refractivity contribution in [1.82, 2.24) is 0 Å². The summed E-state index contributed by atoms with van der Waals surface area (Å²) in [6, 6.07) is 9.22. The molecule has 0 saturated heterocycles. The highest BCUT2D eigenvalue weighted by atomic mass is 32.1. The fraction of sp³-hybridized carbons (Fsp3) is 0.133. The van der Waals surface area contributed by atoms with Crippen LogP contribution in [0.4, 0.5) is 5.69 Å².